The van der Waals surface area contributed by atoms with Crippen LogP contribution in [0.1, 0.15) is 5.69 Å². The van der Waals surface area contributed by atoms with Gasteiger partial charge in [-0.2, -0.15) is 14.0 Å². The average Bonchev–Trinajstić information content (AvgIpc) is 3.24. The first-order chi connectivity index (χ1) is 10.4. The molecule has 0 fully saturated rings. The van der Waals surface area contributed by atoms with Gasteiger partial charge < -0.3 is 0 Å². The van der Waals surface area contributed by atoms with Crippen molar-refractivity contribution in [2.75, 3.05) is 0 Å². The maximum absolute atomic E-state index is 9.49. The lowest BCUT2D eigenvalue weighted by atomic mass is 10.1. The Morgan fingerprint density at radius 1 is 0.952 bits per heavy atom. The quantitative estimate of drug-likeness (QED) is 0.547. The molecule has 0 unspecified atom stereocenters. The van der Waals surface area contributed by atoms with Crippen LogP contribution in [0.25, 0.3) is 32.0 Å². The molecule has 4 heterocycles. The molecule has 0 bridgehead atoms. The number of nitriles is 1. The van der Waals surface area contributed by atoms with Crippen LogP contribution < -0.4 is 0 Å². The minimum atomic E-state index is 0.404. The molecule has 0 spiro atoms. The van der Waals surface area contributed by atoms with Gasteiger partial charge >= 0.3 is 0 Å². The molecular weight excluding hydrogens is 320 g/mol. The molecule has 0 atom stereocenters. The molecule has 0 aliphatic carbocycles. The minimum absolute atomic E-state index is 0.404. The van der Waals surface area contributed by atoms with Crippen LogP contribution in [0.4, 0.5) is 0 Å². The van der Waals surface area contributed by atoms with Gasteiger partial charge in [-0.15, -0.1) is 22.7 Å². The fourth-order valence-electron chi connectivity index (χ4n) is 2.16. The van der Waals surface area contributed by atoms with Crippen molar-refractivity contribution >= 4 is 45.4 Å². The summed E-state index contributed by atoms with van der Waals surface area (Å²) in [7, 11) is 0. The third-order valence-corrected chi connectivity index (χ3v) is 5.33. The molecule has 0 N–H and O–H groups in total. The summed E-state index contributed by atoms with van der Waals surface area (Å²) in [5.41, 5.74) is 3.46. The molecule has 4 rings (SSSR count). The van der Waals surface area contributed by atoms with Crippen molar-refractivity contribution in [3.8, 4) is 27.1 Å². The Morgan fingerprint density at radius 2 is 1.67 bits per heavy atom. The number of pyridine rings is 1. The summed E-state index contributed by atoms with van der Waals surface area (Å²) in [5, 5.41) is 13.5. The highest BCUT2D eigenvalue weighted by Gasteiger charge is 2.20. The van der Waals surface area contributed by atoms with Crippen LogP contribution in [-0.2, 0) is 0 Å². The Morgan fingerprint density at radius 3 is 2.33 bits per heavy atom. The van der Waals surface area contributed by atoms with Crippen molar-refractivity contribution in [1.29, 1.82) is 5.26 Å². The fraction of sp³-hybridized carbons (Fsp3) is 0. The number of thiophene rings is 2. The Balaban J connectivity index is 2.12. The molecule has 0 aliphatic heterocycles. The van der Waals surface area contributed by atoms with E-state index in [9.17, 15) is 5.26 Å². The second-order valence-electron chi connectivity index (χ2n) is 4.21. The molecule has 0 saturated carbocycles. The number of fused-ring (bicyclic) bond motifs is 1. The van der Waals surface area contributed by atoms with Gasteiger partial charge in [0.25, 0.3) is 0 Å². The lowest BCUT2D eigenvalue weighted by molar-refractivity contribution is 1.29. The van der Waals surface area contributed by atoms with E-state index in [1.165, 1.54) is 0 Å². The maximum atomic E-state index is 9.49. The van der Waals surface area contributed by atoms with Gasteiger partial charge in [0.2, 0.25) is 0 Å². The van der Waals surface area contributed by atoms with Crippen LogP contribution in [0.2, 0.25) is 0 Å². The Labute approximate surface area is 132 Å². The summed E-state index contributed by atoms with van der Waals surface area (Å²) in [4.78, 5) is 6.55. The predicted molar refractivity (Wildman–Crippen MR) is 86.6 cm³/mol. The van der Waals surface area contributed by atoms with Crippen molar-refractivity contribution in [2.24, 2.45) is 0 Å². The van der Waals surface area contributed by atoms with E-state index in [4.69, 9.17) is 0 Å². The van der Waals surface area contributed by atoms with Gasteiger partial charge in [-0.3, -0.25) is 0 Å². The summed E-state index contributed by atoms with van der Waals surface area (Å²) in [6.45, 7) is 0. The molecule has 0 saturated heterocycles. The second kappa shape index (κ2) is 5.00. The molecule has 7 heteroatoms. The van der Waals surface area contributed by atoms with Gasteiger partial charge in [0.15, 0.2) is 5.69 Å². The number of hydrogen-bond donors (Lipinski definition) is 0. The molecule has 0 amide bonds. The number of aromatic nitrogens is 3. The molecule has 100 valence electrons. The van der Waals surface area contributed by atoms with E-state index in [1.807, 2.05) is 35.0 Å². The lowest BCUT2D eigenvalue weighted by Crippen LogP contribution is -1.93. The van der Waals surface area contributed by atoms with E-state index in [0.717, 1.165) is 43.8 Å². The van der Waals surface area contributed by atoms with E-state index >= 15 is 0 Å². The number of hydrogen-bond acceptors (Lipinski definition) is 7. The van der Waals surface area contributed by atoms with Gasteiger partial charge in [-0.1, -0.05) is 12.1 Å². The summed E-state index contributed by atoms with van der Waals surface area (Å²) >= 11 is 4.31. The fourth-order valence-corrected chi connectivity index (χ4v) is 4.20. The SMILES string of the molecule is N#Cc1nc(-c2cccs2)c2nsnc2c1-c1cccs1. The number of rotatable bonds is 2. The zero-order valence-electron chi connectivity index (χ0n) is 10.5. The van der Waals surface area contributed by atoms with Crippen LogP contribution in [-0.4, -0.2) is 13.7 Å². The van der Waals surface area contributed by atoms with Crippen molar-refractivity contribution in [1.82, 2.24) is 13.7 Å². The summed E-state index contributed by atoms with van der Waals surface area (Å²) in [6.07, 6.45) is 0. The molecule has 0 radical (unpaired) electrons. The minimum Gasteiger partial charge on any atom is -0.233 e. The van der Waals surface area contributed by atoms with Gasteiger partial charge in [0.1, 0.15) is 22.8 Å². The van der Waals surface area contributed by atoms with E-state index in [2.05, 4.69) is 19.8 Å². The predicted octanol–water partition coefficient (Wildman–Crippen LogP) is 4.41. The number of nitrogens with zero attached hydrogens (tertiary/aromatic N) is 4. The van der Waals surface area contributed by atoms with E-state index in [0.29, 0.717) is 5.69 Å². The molecule has 4 nitrogen and oxygen atoms in total. The standard InChI is InChI=1S/C14H6N4S3/c15-7-8-11(9-3-1-5-19-9)13-14(18-21-17-13)12(16-8)10-4-2-6-20-10/h1-6H. The van der Waals surface area contributed by atoms with Crippen LogP contribution in [0.5, 0.6) is 0 Å². The van der Waals surface area contributed by atoms with Crippen LogP contribution in [0.15, 0.2) is 35.0 Å². The molecule has 0 aromatic carbocycles. The van der Waals surface area contributed by atoms with Gasteiger partial charge in [-0.25, -0.2) is 4.98 Å². The van der Waals surface area contributed by atoms with Crippen molar-refractivity contribution in [3.63, 3.8) is 0 Å². The first-order valence-electron chi connectivity index (χ1n) is 6.02. The Kier molecular flexibility index (Phi) is 3.00. The third kappa shape index (κ3) is 1.96. The normalized spacial score (nSPS) is 10.8. The van der Waals surface area contributed by atoms with Crippen molar-refractivity contribution < 1.29 is 0 Å². The maximum Gasteiger partial charge on any atom is 0.152 e. The molecule has 4 aromatic heterocycles. The Hall–Kier alpha value is -2.14. The van der Waals surface area contributed by atoms with Crippen LogP contribution in [0.3, 0.4) is 0 Å². The first-order valence-corrected chi connectivity index (χ1v) is 8.51. The van der Waals surface area contributed by atoms with Crippen molar-refractivity contribution in [2.45, 2.75) is 0 Å². The average molecular weight is 326 g/mol. The first kappa shape index (κ1) is 12.6. The second-order valence-corrected chi connectivity index (χ2v) is 6.64. The molecule has 21 heavy (non-hydrogen) atoms. The van der Waals surface area contributed by atoms with E-state index < -0.39 is 0 Å². The highest BCUT2D eigenvalue weighted by atomic mass is 32.1. The zero-order valence-corrected chi connectivity index (χ0v) is 12.9. The monoisotopic (exact) mass is 326 g/mol. The summed E-state index contributed by atoms with van der Waals surface area (Å²) in [6, 6.07) is 10.1. The van der Waals surface area contributed by atoms with E-state index in [-0.39, 0.29) is 0 Å². The van der Waals surface area contributed by atoms with E-state index in [1.54, 1.807) is 22.7 Å². The largest absolute Gasteiger partial charge is 0.233 e. The zero-order chi connectivity index (χ0) is 14.2. The van der Waals surface area contributed by atoms with Crippen LogP contribution in [0, 0.1) is 11.3 Å². The van der Waals surface area contributed by atoms with Crippen molar-refractivity contribution in [3.05, 3.63) is 40.7 Å². The summed E-state index contributed by atoms with van der Waals surface area (Å²) < 4.78 is 8.80. The van der Waals surface area contributed by atoms with Gasteiger partial charge in [0, 0.05) is 4.88 Å². The highest BCUT2D eigenvalue weighted by molar-refractivity contribution is 7.14. The molecule has 0 aliphatic rings. The molecule has 4 aromatic rings. The molecular formula is C14H6N4S3. The lowest BCUT2D eigenvalue weighted by Gasteiger charge is -2.05. The topological polar surface area (TPSA) is 62.5 Å². The Bertz CT molecular complexity index is 946. The highest BCUT2D eigenvalue weighted by Crippen LogP contribution is 2.38. The smallest absolute Gasteiger partial charge is 0.152 e. The van der Waals surface area contributed by atoms with Gasteiger partial charge in [0.05, 0.1) is 22.2 Å². The third-order valence-electron chi connectivity index (χ3n) is 3.04. The van der Waals surface area contributed by atoms with Gasteiger partial charge in [-0.05, 0) is 22.9 Å². The van der Waals surface area contributed by atoms with Crippen LogP contribution >= 0.6 is 34.4 Å². The summed E-state index contributed by atoms with van der Waals surface area (Å²) in [5.74, 6) is 0.